The Balaban J connectivity index is 1.23. The first-order valence-electron chi connectivity index (χ1n) is 10.6. The summed E-state index contributed by atoms with van der Waals surface area (Å²) in [5.74, 6) is 2.55. The number of aromatic nitrogens is 2. The summed E-state index contributed by atoms with van der Waals surface area (Å²) in [7, 11) is 6.72. The first kappa shape index (κ1) is 19.1. The first-order valence-corrected chi connectivity index (χ1v) is 10.6. The minimum absolute atomic E-state index is 0.313. The van der Waals surface area contributed by atoms with Crippen LogP contribution in [-0.4, -0.2) is 72.3 Å². The lowest BCUT2D eigenvalue weighted by molar-refractivity contribution is 0.120. The zero-order valence-electron chi connectivity index (χ0n) is 17.1. The number of nitrogens with one attached hydrogen (secondary N) is 1. The van der Waals surface area contributed by atoms with Gasteiger partial charge in [-0.3, -0.25) is 4.90 Å². The number of anilines is 1. The van der Waals surface area contributed by atoms with E-state index in [1.165, 1.54) is 31.2 Å². The van der Waals surface area contributed by atoms with Gasteiger partial charge in [0.05, 0.1) is 6.10 Å². The smallest absolute Gasteiger partial charge is 0.222 e. The standard InChI is InChI=1S/C21H35N5O/c1-25(2)18-7-16-9-19(10-17(16)8-18)26(3)14-15-11-22-21(23-12-15)24-13-20-5-4-6-27-20/h11-12,16-20H,4-10,13-14H2,1-3H3,(H,22,23,24)/t16-,17+,18?,19?,20?. The van der Waals surface area contributed by atoms with Crippen molar-refractivity contribution in [2.24, 2.45) is 11.8 Å². The van der Waals surface area contributed by atoms with Gasteiger partial charge in [-0.25, -0.2) is 9.97 Å². The molecule has 0 amide bonds. The SMILES string of the molecule is CN(C)C1C[C@@H]2CC(N(C)Cc3cnc(NCC4CCCO4)nc3)C[C@@H]2C1. The number of hydrogen-bond donors (Lipinski definition) is 1. The third-order valence-corrected chi connectivity index (χ3v) is 6.97. The van der Waals surface area contributed by atoms with E-state index in [0.717, 1.165) is 50.4 Å². The van der Waals surface area contributed by atoms with E-state index >= 15 is 0 Å². The Morgan fingerprint density at radius 2 is 1.70 bits per heavy atom. The summed E-state index contributed by atoms with van der Waals surface area (Å²) in [6, 6.07) is 1.51. The fourth-order valence-electron chi connectivity index (χ4n) is 5.29. The Kier molecular flexibility index (Phi) is 5.95. The van der Waals surface area contributed by atoms with Gasteiger partial charge in [0.2, 0.25) is 5.95 Å². The lowest BCUT2D eigenvalue weighted by Gasteiger charge is -2.26. The Bertz CT molecular complexity index is 587. The van der Waals surface area contributed by atoms with Gasteiger partial charge in [0.25, 0.3) is 0 Å². The number of rotatable bonds is 7. The van der Waals surface area contributed by atoms with Gasteiger partial charge in [-0.1, -0.05) is 0 Å². The van der Waals surface area contributed by atoms with E-state index in [1.54, 1.807) is 0 Å². The van der Waals surface area contributed by atoms with E-state index in [9.17, 15) is 0 Å². The highest BCUT2D eigenvalue weighted by atomic mass is 16.5. The van der Waals surface area contributed by atoms with Crippen molar-refractivity contribution in [2.75, 3.05) is 39.6 Å². The highest BCUT2D eigenvalue weighted by Gasteiger charge is 2.43. The molecule has 4 rings (SSSR count). The molecule has 0 radical (unpaired) electrons. The van der Waals surface area contributed by atoms with Gasteiger partial charge in [0.15, 0.2) is 0 Å². The van der Waals surface area contributed by atoms with E-state index in [2.05, 4.69) is 46.2 Å². The van der Waals surface area contributed by atoms with Crippen LogP contribution in [0.15, 0.2) is 12.4 Å². The molecule has 2 aliphatic carbocycles. The maximum absolute atomic E-state index is 5.63. The van der Waals surface area contributed by atoms with Crippen molar-refractivity contribution in [3.8, 4) is 0 Å². The van der Waals surface area contributed by atoms with Crippen LogP contribution in [0.2, 0.25) is 0 Å². The van der Waals surface area contributed by atoms with Crippen molar-refractivity contribution in [3.63, 3.8) is 0 Å². The van der Waals surface area contributed by atoms with Crippen LogP contribution in [0, 0.1) is 11.8 Å². The Hall–Kier alpha value is -1.24. The number of hydrogen-bond acceptors (Lipinski definition) is 6. The largest absolute Gasteiger partial charge is 0.376 e. The van der Waals surface area contributed by atoms with Crippen molar-refractivity contribution in [1.82, 2.24) is 19.8 Å². The molecular formula is C21H35N5O. The average molecular weight is 374 g/mol. The number of fused-ring (bicyclic) bond motifs is 1. The fourth-order valence-corrected chi connectivity index (χ4v) is 5.29. The van der Waals surface area contributed by atoms with E-state index in [1.807, 2.05) is 12.4 Å². The lowest BCUT2D eigenvalue weighted by Crippen LogP contribution is -2.31. The lowest BCUT2D eigenvalue weighted by atomic mass is 10.0. The molecule has 2 saturated carbocycles. The quantitative estimate of drug-likeness (QED) is 0.793. The second-order valence-electron chi connectivity index (χ2n) is 9.08. The zero-order chi connectivity index (χ0) is 18.8. The molecule has 27 heavy (non-hydrogen) atoms. The number of ether oxygens (including phenoxy) is 1. The van der Waals surface area contributed by atoms with E-state index < -0.39 is 0 Å². The van der Waals surface area contributed by atoms with Gasteiger partial charge in [-0.2, -0.15) is 0 Å². The molecule has 6 heteroatoms. The molecule has 0 aromatic carbocycles. The summed E-state index contributed by atoms with van der Waals surface area (Å²) in [6.07, 6.45) is 12.0. The van der Waals surface area contributed by atoms with E-state index in [4.69, 9.17) is 4.74 Å². The predicted octanol–water partition coefficient (Wildman–Crippen LogP) is 2.62. The minimum Gasteiger partial charge on any atom is -0.376 e. The van der Waals surface area contributed by atoms with Crippen molar-refractivity contribution in [3.05, 3.63) is 18.0 Å². The maximum Gasteiger partial charge on any atom is 0.222 e. The van der Waals surface area contributed by atoms with Crippen LogP contribution in [0.3, 0.4) is 0 Å². The molecule has 1 aromatic rings. The molecule has 0 spiro atoms. The third-order valence-electron chi connectivity index (χ3n) is 6.97. The Morgan fingerprint density at radius 1 is 1.04 bits per heavy atom. The third kappa shape index (κ3) is 4.61. The molecule has 1 aromatic heterocycles. The van der Waals surface area contributed by atoms with Crippen LogP contribution < -0.4 is 5.32 Å². The molecule has 0 bridgehead atoms. The topological polar surface area (TPSA) is 53.5 Å². The second kappa shape index (κ2) is 8.41. The first-order chi connectivity index (χ1) is 13.1. The normalized spacial score (nSPS) is 33.1. The molecule has 3 fully saturated rings. The van der Waals surface area contributed by atoms with Crippen LogP contribution in [0.25, 0.3) is 0 Å². The molecule has 5 atom stereocenters. The summed E-state index contributed by atoms with van der Waals surface area (Å²) in [4.78, 5) is 13.9. The van der Waals surface area contributed by atoms with Gasteiger partial charge in [0.1, 0.15) is 0 Å². The molecule has 1 saturated heterocycles. The molecule has 150 valence electrons. The Morgan fingerprint density at radius 3 is 2.30 bits per heavy atom. The molecule has 6 nitrogen and oxygen atoms in total. The van der Waals surface area contributed by atoms with Crippen LogP contribution in [0.4, 0.5) is 5.95 Å². The summed E-state index contributed by atoms with van der Waals surface area (Å²) in [6.45, 7) is 2.63. The van der Waals surface area contributed by atoms with Crippen LogP contribution in [-0.2, 0) is 11.3 Å². The highest BCUT2D eigenvalue weighted by molar-refractivity contribution is 5.25. The Labute approximate surface area is 163 Å². The van der Waals surface area contributed by atoms with Crippen molar-refractivity contribution in [2.45, 2.75) is 63.3 Å². The maximum atomic E-state index is 5.63. The molecule has 1 aliphatic heterocycles. The predicted molar refractivity (Wildman–Crippen MR) is 108 cm³/mol. The van der Waals surface area contributed by atoms with Crippen LogP contribution in [0.5, 0.6) is 0 Å². The highest BCUT2D eigenvalue weighted by Crippen LogP contribution is 2.46. The fraction of sp³-hybridized carbons (Fsp3) is 0.810. The molecular weight excluding hydrogens is 338 g/mol. The van der Waals surface area contributed by atoms with E-state index in [-0.39, 0.29) is 0 Å². The van der Waals surface area contributed by atoms with Gasteiger partial charge in [-0.15, -0.1) is 0 Å². The summed E-state index contributed by atoms with van der Waals surface area (Å²) in [5.41, 5.74) is 1.20. The number of nitrogens with zero attached hydrogens (tertiary/aromatic N) is 4. The summed E-state index contributed by atoms with van der Waals surface area (Å²) in [5, 5.41) is 3.30. The van der Waals surface area contributed by atoms with Crippen LogP contribution in [0.1, 0.15) is 44.1 Å². The summed E-state index contributed by atoms with van der Waals surface area (Å²) < 4.78 is 5.63. The molecule has 1 N–H and O–H groups in total. The van der Waals surface area contributed by atoms with Crippen molar-refractivity contribution < 1.29 is 4.74 Å². The second-order valence-corrected chi connectivity index (χ2v) is 9.08. The van der Waals surface area contributed by atoms with Gasteiger partial charge in [-0.05, 0) is 71.5 Å². The summed E-state index contributed by atoms with van der Waals surface area (Å²) >= 11 is 0. The average Bonchev–Trinajstić information content (AvgIpc) is 3.37. The molecule has 2 heterocycles. The minimum atomic E-state index is 0.313. The van der Waals surface area contributed by atoms with Gasteiger partial charge in [0, 0.05) is 49.7 Å². The molecule has 3 unspecified atom stereocenters. The van der Waals surface area contributed by atoms with E-state index in [0.29, 0.717) is 18.1 Å². The van der Waals surface area contributed by atoms with Crippen LogP contribution >= 0.6 is 0 Å². The van der Waals surface area contributed by atoms with Crippen molar-refractivity contribution in [1.29, 1.82) is 0 Å². The zero-order valence-corrected chi connectivity index (χ0v) is 17.1. The van der Waals surface area contributed by atoms with Crippen molar-refractivity contribution >= 4 is 5.95 Å². The molecule has 3 aliphatic rings. The van der Waals surface area contributed by atoms with Gasteiger partial charge < -0.3 is 15.0 Å². The van der Waals surface area contributed by atoms with Gasteiger partial charge >= 0.3 is 0 Å². The monoisotopic (exact) mass is 373 g/mol.